The Morgan fingerprint density at radius 3 is 2.68 bits per heavy atom. The fourth-order valence-electron chi connectivity index (χ4n) is 2.56. The van der Waals surface area contributed by atoms with Gasteiger partial charge >= 0.3 is 0 Å². The van der Waals surface area contributed by atoms with E-state index in [1.165, 1.54) is 16.7 Å². The highest BCUT2D eigenvalue weighted by Gasteiger charge is 2.23. The zero-order chi connectivity index (χ0) is 16.0. The van der Waals surface area contributed by atoms with Crippen LogP contribution in [0.1, 0.15) is 11.4 Å². The van der Waals surface area contributed by atoms with Crippen molar-refractivity contribution in [3.8, 4) is 17.3 Å². The van der Waals surface area contributed by atoms with Gasteiger partial charge in [0, 0.05) is 12.6 Å². The molecule has 0 atom stereocenters. The topological polar surface area (TPSA) is 80.5 Å². The van der Waals surface area contributed by atoms with E-state index in [9.17, 15) is 14.0 Å². The first-order valence-corrected chi connectivity index (χ1v) is 6.42. The first-order valence-electron chi connectivity index (χ1n) is 6.42. The van der Waals surface area contributed by atoms with Gasteiger partial charge in [-0.05, 0) is 19.1 Å². The van der Waals surface area contributed by atoms with E-state index in [2.05, 4.69) is 9.97 Å². The maximum Gasteiger partial charge on any atom is 0.168 e. The molecule has 2 aromatic heterocycles. The summed E-state index contributed by atoms with van der Waals surface area (Å²) < 4.78 is 29.2. The lowest BCUT2D eigenvalue weighted by molar-refractivity contribution is 0.510. The Morgan fingerprint density at radius 1 is 1.27 bits per heavy atom. The molecule has 0 bridgehead atoms. The van der Waals surface area contributed by atoms with Gasteiger partial charge in [-0.1, -0.05) is 6.07 Å². The Kier molecular flexibility index (Phi) is 3.03. The van der Waals surface area contributed by atoms with Gasteiger partial charge in [0.1, 0.15) is 23.4 Å². The van der Waals surface area contributed by atoms with Crippen molar-refractivity contribution in [2.24, 2.45) is 7.05 Å². The van der Waals surface area contributed by atoms with Crippen molar-refractivity contribution in [1.82, 2.24) is 14.5 Å². The van der Waals surface area contributed by atoms with Crippen LogP contribution in [0.2, 0.25) is 0 Å². The molecule has 3 rings (SSSR count). The zero-order valence-electron chi connectivity index (χ0n) is 11.9. The summed E-state index contributed by atoms with van der Waals surface area (Å²) in [5.74, 6) is -1.44. The number of nitrogen functional groups attached to an aromatic ring is 1. The van der Waals surface area contributed by atoms with Gasteiger partial charge < -0.3 is 10.3 Å². The SMILES string of the molecule is Cc1nc(N)c2c(C#N)c(-c3cccc(F)c3F)n(C)c2n1. The first kappa shape index (κ1) is 13.9. The lowest BCUT2D eigenvalue weighted by Gasteiger charge is -2.06. The second-order valence-electron chi connectivity index (χ2n) is 4.85. The van der Waals surface area contributed by atoms with Crippen molar-refractivity contribution in [2.75, 3.05) is 5.73 Å². The summed E-state index contributed by atoms with van der Waals surface area (Å²) in [6.07, 6.45) is 0. The van der Waals surface area contributed by atoms with Crippen LogP contribution in [0.15, 0.2) is 18.2 Å². The lowest BCUT2D eigenvalue weighted by atomic mass is 10.1. The van der Waals surface area contributed by atoms with Gasteiger partial charge in [0.15, 0.2) is 11.6 Å². The molecule has 0 saturated heterocycles. The van der Waals surface area contributed by atoms with Gasteiger partial charge in [-0.25, -0.2) is 18.7 Å². The molecule has 0 radical (unpaired) electrons. The molecular formula is C15H11F2N5. The fraction of sp³-hybridized carbons (Fsp3) is 0.133. The van der Waals surface area contributed by atoms with Crippen LogP contribution in [0.5, 0.6) is 0 Å². The molecule has 0 amide bonds. The summed E-state index contributed by atoms with van der Waals surface area (Å²) in [4.78, 5) is 8.28. The van der Waals surface area contributed by atoms with E-state index in [0.717, 1.165) is 6.07 Å². The van der Waals surface area contributed by atoms with Crippen molar-refractivity contribution in [3.05, 3.63) is 41.2 Å². The molecule has 0 aliphatic carbocycles. The van der Waals surface area contributed by atoms with Crippen LogP contribution in [0.25, 0.3) is 22.3 Å². The Balaban J connectivity index is 2.50. The van der Waals surface area contributed by atoms with Gasteiger partial charge in [0.25, 0.3) is 0 Å². The molecule has 0 saturated carbocycles. The number of rotatable bonds is 1. The molecular weight excluding hydrogens is 288 g/mol. The average molecular weight is 299 g/mol. The third-order valence-electron chi connectivity index (χ3n) is 3.49. The molecule has 0 aliphatic rings. The fourth-order valence-corrected chi connectivity index (χ4v) is 2.56. The molecule has 5 nitrogen and oxygen atoms in total. The van der Waals surface area contributed by atoms with Crippen LogP contribution in [0, 0.1) is 29.9 Å². The number of fused-ring (bicyclic) bond motifs is 1. The normalized spacial score (nSPS) is 10.9. The number of nitrogens with zero attached hydrogens (tertiary/aromatic N) is 4. The van der Waals surface area contributed by atoms with Crippen LogP contribution in [0.4, 0.5) is 14.6 Å². The molecule has 0 unspecified atom stereocenters. The van der Waals surface area contributed by atoms with E-state index in [1.807, 2.05) is 6.07 Å². The van der Waals surface area contributed by atoms with Crippen LogP contribution in [-0.2, 0) is 7.05 Å². The van der Waals surface area contributed by atoms with Crippen molar-refractivity contribution >= 4 is 16.9 Å². The summed E-state index contributed by atoms with van der Waals surface area (Å²) >= 11 is 0. The van der Waals surface area contributed by atoms with E-state index in [0.29, 0.717) is 16.9 Å². The monoisotopic (exact) mass is 299 g/mol. The first-order chi connectivity index (χ1) is 10.5. The number of aryl methyl sites for hydroxylation is 2. The predicted molar refractivity (Wildman–Crippen MR) is 77.7 cm³/mol. The lowest BCUT2D eigenvalue weighted by Crippen LogP contribution is -2.00. The van der Waals surface area contributed by atoms with Gasteiger partial charge in [0.2, 0.25) is 0 Å². The summed E-state index contributed by atoms with van der Waals surface area (Å²) in [5, 5.41) is 9.80. The summed E-state index contributed by atoms with van der Waals surface area (Å²) in [6, 6.07) is 5.80. The minimum atomic E-state index is -1.02. The average Bonchev–Trinajstić information content (AvgIpc) is 2.75. The van der Waals surface area contributed by atoms with Crippen LogP contribution in [-0.4, -0.2) is 14.5 Å². The maximum absolute atomic E-state index is 14.1. The number of hydrogen-bond donors (Lipinski definition) is 1. The molecule has 110 valence electrons. The third-order valence-corrected chi connectivity index (χ3v) is 3.49. The summed E-state index contributed by atoms with van der Waals surface area (Å²) in [6.45, 7) is 1.66. The number of anilines is 1. The quantitative estimate of drug-likeness (QED) is 0.749. The van der Waals surface area contributed by atoms with Gasteiger partial charge in [-0.3, -0.25) is 0 Å². The minimum absolute atomic E-state index is 0.0193. The van der Waals surface area contributed by atoms with Crippen LogP contribution >= 0.6 is 0 Å². The van der Waals surface area contributed by atoms with Crippen LogP contribution in [0.3, 0.4) is 0 Å². The van der Waals surface area contributed by atoms with Gasteiger partial charge in [-0.2, -0.15) is 5.26 Å². The van der Waals surface area contributed by atoms with E-state index in [1.54, 1.807) is 14.0 Å². The highest BCUT2D eigenvalue weighted by atomic mass is 19.2. The van der Waals surface area contributed by atoms with Gasteiger partial charge in [0.05, 0.1) is 16.6 Å². The van der Waals surface area contributed by atoms with Crippen molar-refractivity contribution in [3.63, 3.8) is 0 Å². The Labute approximate surface area is 124 Å². The Bertz CT molecular complexity index is 953. The molecule has 3 aromatic rings. The minimum Gasteiger partial charge on any atom is -0.383 e. The molecule has 0 aliphatic heterocycles. The highest BCUT2D eigenvalue weighted by molar-refractivity contribution is 5.98. The molecule has 22 heavy (non-hydrogen) atoms. The van der Waals surface area contributed by atoms with E-state index in [-0.39, 0.29) is 22.6 Å². The van der Waals surface area contributed by atoms with Crippen molar-refractivity contribution < 1.29 is 8.78 Å². The Morgan fingerprint density at radius 2 is 2.00 bits per heavy atom. The molecule has 7 heteroatoms. The number of halogens is 2. The van der Waals surface area contributed by atoms with E-state index >= 15 is 0 Å². The van der Waals surface area contributed by atoms with E-state index < -0.39 is 11.6 Å². The number of hydrogen-bond acceptors (Lipinski definition) is 4. The number of benzene rings is 1. The predicted octanol–water partition coefficient (Wildman–Crippen LogP) is 2.68. The molecule has 0 spiro atoms. The summed E-state index contributed by atoms with van der Waals surface area (Å²) in [5.41, 5.74) is 6.61. The molecule has 2 heterocycles. The number of nitrogens with two attached hydrogens (primary N) is 1. The third kappa shape index (κ3) is 1.81. The standard InChI is InChI=1S/C15H11F2N5/c1-7-20-14(19)11-9(6-18)13(22(2)15(11)21-7)8-4-3-5-10(16)12(8)17/h3-5H,1-2H3,(H2,19,20,21). The molecule has 1 aromatic carbocycles. The Hall–Kier alpha value is -3.01. The largest absolute Gasteiger partial charge is 0.383 e. The molecule has 0 fully saturated rings. The number of nitriles is 1. The number of aromatic nitrogens is 3. The smallest absolute Gasteiger partial charge is 0.168 e. The van der Waals surface area contributed by atoms with Gasteiger partial charge in [-0.15, -0.1) is 0 Å². The highest BCUT2D eigenvalue weighted by Crippen LogP contribution is 2.35. The van der Waals surface area contributed by atoms with Crippen molar-refractivity contribution in [2.45, 2.75) is 6.92 Å². The summed E-state index contributed by atoms with van der Waals surface area (Å²) in [7, 11) is 1.62. The maximum atomic E-state index is 14.1. The zero-order valence-corrected chi connectivity index (χ0v) is 11.9. The second-order valence-corrected chi connectivity index (χ2v) is 4.85. The molecule has 2 N–H and O–H groups in total. The van der Waals surface area contributed by atoms with Crippen LogP contribution < -0.4 is 5.73 Å². The second kappa shape index (κ2) is 4.77. The van der Waals surface area contributed by atoms with Crippen molar-refractivity contribution in [1.29, 1.82) is 5.26 Å². The van der Waals surface area contributed by atoms with E-state index in [4.69, 9.17) is 5.73 Å².